The van der Waals surface area contributed by atoms with E-state index >= 15 is 0 Å². The van der Waals surface area contributed by atoms with Crippen LogP contribution in [0.1, 0.15) is 28.8 Å². The summed E-state index contributed by atoms with van der Waals surface area (Å²) in [5, 5.41) is 5.64. The Morgan fingerprint density at radius 2 is 1.84 bits per heavy atom. The normalized spacial score (nSPS) is 15.4. The molecule has 1 saturated heterocycles. The van der Waals surface area contributed by atoms with Gasteiger partial charge in [-0.15, -0.1) is 0 Å². The van der Waals surface area contributed by atoms with Crippen LogP contribution in [0.3, 0.4) is 0 Å². The van der Waals surface area contributed by atoms with Crippen molar-refractivity contribution in [2.75, 3.05) is 39.8 Å². The number of benzene rings is 2. The number of rotatable bonds is 9. The zero-order valence-electron chi connectivity index (χ0n) is 18.5. The quantitative estimate of drug-likeness (QED) is 0.581. The molecular weight excluding hydrogens is 412 g/mol. The summed E-state index contributed by atoms with van der Waals surface area (Å²) >= 11 is 0. The Labute approximate surface area is 187 Å². The maximum Gasteiger partial charge on any atom is 0.253 e. The van der Waals surface area contributed by atoms with Crippen LogP contribution in [0.25, 0.3) is 6.08 Å². The predicted octanol–water partition coefficient (Wildman–Crippen LogP) is 3.27. The maximum atomic E-state index is 12.6. The number of methoxy groups -OCH3 is 3. The average molecular weight is 440 g/mol. The molecule has 0 saturated carbocycles. The molecule has 2 aromatic rings. The molecule has 1 fully saturated rings. The highest BCUT2D eigenvalue weighted by Gasteiger charge is 2.18. The van der Waals surface area contributed by atoms with Crippen molar-refractivity contribution < 1.29 is 28.5 Å². The van der Waals surface area contributed by atoms with E-state index in [2.05, 4.69) is 10.6 Å². The summed E-state index contributed by atoms with van der Waals surface area (Å²) in [6.07, 6.45) is 4.95. The minimum absolute atomic E-state index is 0.0418. The van der Waals surface area contributed by atoms with Gasteiger partial charge < -0.3 is 29.6 Å². The van der Waals surface area contributed by atoms with E-state index in [0.29, 0.717) is 40.6 Å². The first-order valence-electron chi connectivity index (χ1n) is 10.3. The van der Waals surface area contributed by atoms with Gasteiger partial charge in [0, 0.05) is 24.8 Å². The topological polar surface area (TPSA) is 95.1 Å². The van der Waals surface area contributed by atoms with E-state index in [0.717, 1.165) is 19.4 Å². The Morgan fingerprint density at radius 1 is 1.06 bits per heavy atom. The standard InChI is InChI=1S/C24H28N2O6/c1-29-20-12-10-16(22(30-2)23(20)31-3)11-13-21(27)26-19-9-5-4-8-18(19)24(28)25-15-17-7-6-14-32-17/h4-5,8-13,17H,6-7,14-15H2,1-3H3,(H,25,28)(H,26,27)/b13-11+/t17-/m1/s1. The van der Waals surface area contributed by atoms with E-state index in [1.165, 1.54) is 27.4 Å². The fraction of sp³-hybridized carbons (Fsp3) is 0.333. The molecule has 0 aliphatic carbocycles. The van der Waals surface area contributed by atoms with Crippen LogP contribution in [0.4, 0.5) is 5.69 Å². The Morgan fingerprint density at radius 3 is 2.53 bits per heavy atom. The number of carbonyl (C=O) groups excluding carboxylic acids is 2. The van der Waals surface area contributed by atoms with Crippen LogP contribution in [0.15, 0.2) is 42.5 Å². The summed E-state index contributed by atoms with van der Waals surface area (Å²) in [4.78, 5) is 25.2. The molecule has 1 heterocycles. The summed E-state index contributed by atoms with van der Waals surface area (Å²) in [5.41, 5.74) is 1.45. The van der Waals surface area contributed by atoms with Crippen LogP contribution in [0.2, 0.25) is 0 Å². The van der Waals surface area contributed by atoms with Gasteiger partial charge in [0.25, 0.3) is 5.91 Å². The highest BCUT2D eigenvalue weighted by atomic mass is 16.5. The summed E-state index contributed by atoms with van der Waals surface area (Å²) in [6.45, 7) is 1.17. The number of nitrogens with one attached hydrogen (secondary N) is 2. The molecule has 0 bridgehead atoms. The summed E-state index contributed by atoms with van der Waals surface area (Å²) in [7, 11) is 4.57. The largest absolute Gasteiger partial charge is 0.493 e. The third-order valence-electron chi connectivity index (χ3n) is 5.09. The number of para-hydroxylation sites is 1. The Kier molecular flexibility index (Phi) is 8.10. The molecule has 8 heteroatoms. The minimum Gasteiger partial charge on any atom is -0.493 e. The molecule has 2 N–H and O–H groups in total. The van der Waals surface area contributed by atoms with Crippen molar-refractivity contribution in [1.29, 1.82) is 0 Å². The molecule has 170 valence electrons. The lowest BCUT2D eigenvalue weighted by Crippen LogP contribution is -2.32. The average Bonchev–Trinajstić information content (AvgIpc) is 3.34. The number of amides is 2. The fourth-order valence-corrected chi connectivity index (χ4v) is 3.49. The van der Waals surface area contributed by atoms with Gasteiger partial charge in [0.15, 0.2) is 11.5 Å². The lowest BCUT2D eigenvalue weighted by Gasteiger charge is -2.14. The van der Waals surface area contributed by atoms with Crippen LogP contribution in [0.5, 0.6) is 17.2 Å². The number of hydrogen-bond acceptors (Lipinski definition) is 6. The van der Waals surface area contributed by atoms with Crippen LogP contribution in [0, 0.1) is 0 Å². The van der Waals surface area contributed by atoms with Crippen molar-refractivity contribution in [3.8, 4) is 17.2 Å². The van der Waals surface area contributed by atoms with E-state index in [4.69, 9.17) is 18.9 Å². The van der Waals surface area contributed by atoms with E-state index in [1.54, 1.807) is 42.5 Å². The lowest BCUT2D eigenvalue weighted by atomic mass is 10.1. The summed E-state index contributed by atoms with van der Waals surface area (Å²) < 4.78 is 21.6. The van der Waals surface area contributed by atoms with Gasteiger partial charge in [-0.3, -0.25) is 9.59 Å². The summed E-state index contributed by atoms with van der Waals surface area (Å²) in [6, 6.07) is 10.4. The number of hydrogen-bond donors (Lipinski definition) is 2. The zero-order valence-corrected chi connectivity index (χ0v) is 18.5. The third kappa shape index (κ3) is 5.59. The molecule has 0 unspecified atom stereocenters. The monoisotopic (exact) mass is 440 g/mol. The van der Waals surface area contributed by atoms with Crippen molar-refractivity contribution in [2.45, 2.75) is 18.9 Å². The molecule has 0 aromatic heterocycles. The zero-order chi connectivity index (χ0) is 22.9. The van der Waals surface area contributed by atoms with Crippen LogP contribution >= 0.6 is 0 Å². The lowest BCUT2D eigenvalue weighted by molar-refractivity contribution is -0.111. The second-order valence-electron chi connectivity index (χ2n) is 7.14. The van der Waals surface area contributed by atoms with Gasteiger partial charge in [0.2, 0.25) is 11.7 Å². The Balaban J connectivity index is 1.70. The van der Waals surface area contributed by atoms with Crippen molar-refractivity contribution in [3.63, 3.8) is 0 Å². The second-order valence-corrected chi connectivity index (χ2v) is 7.14. The van der Waals surface area contributed by atoms with Crippen molar-refractivity contribution in [2.24, 2.45) is 0 Å². The second kappa shape index (κ2) is 11.2. The van der Waals surface area contributed by atoms with Crippen molar-refractivity contribution >= 4 is 23.6 Å². The molecule has 32 heavy (non-hydrogen) atoms. The molecule has 0 radical (unpaired) electrons. The minimum atomic E-state index is -0.388. The van der Waals surface area contributed by atoms with E-state index in [-0.39, 0.29) is 17.9 Å². The molecule has 1 aliphatic rings. The highest BCUT2D eigenvalue weighted by Crippen LogP contribution is 2.40. The van der Waals surface area contributed by atoms with Gasteiger partial charge in [-0.2, -0.15) is 0 Å². The highest BCUT2D eigenvalue weighted by molar-refractivity contribution is 6.07. The van der Waals surface area contributed by atoms with Crippen molar-refractivity contribution in [3.05, 3.63) is 53.6 Å². The molecule has 2 amide bonds. The van der Waals surface area contributed by atoms with E-state index in [9.17, 15) is 9.59 Å². The number of ether oxygens (including phenoxy) is 4. The molecule has 2 aromatic carbocycles. The van der Waals surface area contributed by atoms with Crippen LogP contribution in [-0.4, -0.2) is 52.4 Å². The van der Waals surface area contributed by atoms with Gasteiger partial charge in [0.1, 0.15) is 0 Å². The molecule has 0 spiro atoms. The maximum absolute atomic E-state index is 12.6. The van der Waals surface area contributed by atoms with Gasteiger partial charge >= 0.3 is 0 Å². The van der Waals surface area contributed by atoms with Gasteiger partial charge in [-0.05, 0) is 43.2 Å². The molecule has 1 aliphatic heterocycles. The van der Waals surface area contributed by atoms with E-state index in [1.807, 2.05) is 0 Å². The Hall–Kier alpha value is -3.52. The van der Waals surface area contributed by atoms with Crippen LogP contribution < -0.4 is 24.8 Å². The van der Waals surface area contributed by atoms with E-state index < -0.39 is 0 Å². The third-order valence-corrected chi connectivity index (χ3v) is 5.09. The number of carbonyl (C=O) groups is 2. The SMILES string of the molecule is COc1ccc(/C=C/C(=O)Nc2ccccc2C(=O)NC[C@H]2CCCO2)c(OC)c1OC. The van der Waals surface area contributed by atoms with Crippen LogP contribution in [-0.2, 0) is 9.53 Å². The van der Waals surface area contributed by atoms with Gasteiger partial charge in [0.05, 0.1) is 38.7 Å². The first-order chi connectivity index (χ1) is 15.6. The smallest absolute Gasteiger partial charge is 0.253 e. The first kappa shape index (κ1) is 23.1. The first-order valence-corrected chi connectivity index (χ1v) is 10.3. The molecule has 1 atom stereocenters. The molecule has 3 rings (SSSR count). The molecule has 8 nitrogen and oxygen atoms in total. The van der Waals surface area contributed by atoms with Gasteiger partial charge in [-0.25, -0.2) is 0 Å². The van der Waals surface area contributed by atoms with Gasteiger partial charge in [-0.1, -0.05) is 12.1 Å². The number of anilines is 1. The predicted molar refractivity (Wildman–Crippen MR) is 122 cm³/mol. The fourth-order valence-electron chi connectivity index (χ4n) is 3.49. The Bertz CT molecular complexity index is 982. The van der Waals surface area contributed by atoms with Crippen molar-refractivity contribution in [1.82, 2.24) is 5.32 Å². The summed E-state index contributed by atoms with van der Waals surface area (Å²) in [5.74, 6) is 0.757. The molecular formula is C24H28N2O6.